The van der Waals surface area contributed by atoms with Gasteiger partial charge in [-0.1, -0.05) is 30.7 Å². The van der Waals surface area contributed by atoms with Gasteiger partial charge in [0.1, 0.15) is 24.1 Å². The van der Waals surface area contributed by atoms with Gasteiger partial charge in [-0.3, -0.25) is 13.9 Å². The molecule has 0 spiro atoms. The van der Waals surface area contributed by atoms with Crippen LogP contribution in [0.15, 0.2) is 65.6 Å². The highest BCUT2D eigenvalue weighted by Crippen LogP contribution is 2.38. The number of amides is 2. The average molecular weight is 676 g/mol. The summed E-state index contributed by atoms with van der Waals surface area (Å²) >= 11 is 6.11. The summed E-state index contributed by atoms with van der Waals surface area (Å²) in [5, 5.41) is 3.46. The molecule has 2 amide bonds. The molecule has 0 saturated heterocycles. The highest BCUT2D eigenvalue weighted by atomic mass is 35.5. The number of carbonyl (C=O) groups excluding carboxylic acids is 2. The summed E-state index contributed by atoms with van der Waals surface area (Å²) < 4.78 is 51.4. The second-order valence-corrected chi connectivity index (χ2v) is 13.7. The Kier molecular flexibility index (Phi) is 12.2. The standard InChI is InChI=1S/C33H42ClN3O8S/c1-9-26(32(39)35-33(2,3)4)36(20-22-10-12-23(34)13-11-22)31(38)21-37(27-18-24(42-5)14-16-28(27)43-6)46(40,41)25-15-17-29(44-7)30(19-25)45-8/h10-19,26H,9,20-21H2,1-8H3,(H,35,39)/t26-/m1/s1. The zero-order valence-electron chi connectivity index (χ0n) is 27.4. The molecule has 0 aliphatic heterocycles. The fourth-order valence-corrected chi connectivity index (χ4v) is 6.33. The van der Waals surface area contributed by atoms with Gasteiger partial charge in [-0.05, 0) is 69.2 Å². The summed E-state index contributed by atoms with van der Waals surface area (Å²) in [6.45, 7) is 6.66. The van der Waals surface area contributed by atoms with Crippen molar-refractivity contribution in [2.75, 3.05) is 39.3 Å². The van der Waals surface area contributed by atoms with E-state index in [0.717, 1.165) is 4.31 Å². The summed E-state index contributed by atoms with van der Waals surface area (Å²) in [5.74, 6) is 0.0316. The quantitative estimate of drug-likeness (QED) is 0.245. The lowest BCUT2D eigenvalue weighted by Crippen LogP contribution is -2.55. The Labute approximate surface area is 276 Å². The van der Waals surface area contributed by atoms with Gasteiger partial charge in [0.2, 0.25) is 11.8 Å². The van der Waals surface area contributed by atoms with Crippen molar-refractivity contribution in [1.82, 2.24) is 10.2 Å². The van der Waals surface area contributed by atoms with Gasteiger partial charge in [-0.15, -0.1) is 0 Å². The van der Waals surface area contributed by atoms with Crippen LogP contribution in [0.5, 0.6) is 23.0 Å². The molecule has 3 aromatic carbocycles. The fraction of sp³-hybridized carbons (Fsp3) is 0.394. The van der Waals surface area contributed by atoms with Gasteiger partial charge in [0, 0.05) is 29.2 Å². The van der Waals surface area contributed by atoms with Gasteiger partial charge in [0.25, 0.3) is 10.0 Å². The third-order valence-corrected chi connectivity index (χ3v) is 9.03. The predicted octanol–water partition coefficient (Wildman–Crippen LogP) is 5.29. The first-order valence-electron chi connectivity index (χ1n) is 14.5. The molecule has 0 fully saturated rings. The van der Waals surface area contributed by atoms with Crippen molar-refractivity contribution in [2.24, 2.45) is 0 Å². The first-order valence-corrected chi connectivity index (χ1v) is 16.3. The van der Waals surface area contributed by atoms with Crippen LogP contribution in [0.1, 0.15) is 39.7 Å². The number of sulfonamides is 1. The highest BCUT2D eigenvalue weighted by Gasteiger charge is 2.36. The highest BCUT2D eigenvalue weighted by molar-refractivity contribution is 7.92. The van der Waals surface area contributed by atoms with Crippen LogP contribution >= 0.6 is 11.6 Å². The van der Waals surface area contributed by atoms with Gasteiger partial charge < -0.3 is 29.2 Å². The third-order valence-electron chi connectivity index (χ3n) is 7.03. The zero-order chi connectivity index (χ0) is 34.2. The molecule has 0 aliphatic carbocycles. The van der Waals surface area contributed by atoms with E-state index in [9.17, 15) is 18.0 Å². The monoisotopic (exact) mass is 675 g/mol. The number of carbonyl (C=O) groups is 2. The van der Waals surface area contributed by atoms with Crippen molar-refractivity contribution in [1.29, 1.82) is 0 Å². The maximum atomic E-state index is 14.5. The summed E-state index contributed by atoms with van der Waals surface area (Å²) in [6.07, 6.45) is 0.270. The first-order chi connectivity index (χ1) is 21.7. The number of rotatable bonds is 14. The third kappa shape index (κ3) is 8.76. The number of anilines is 1. The van der Waals surface area contributed by atoms with Crippen molar-refractivity contribution in [3.05, 3.63) is 71.2 Å². The van der Waals surface area contributed by atoms with Crippen molar-refractivity contribution in [3.63, 3.8) is 0 Å². The lowest BCUT2D eigenvalue weighted by Gasteiger charge is -2.35. The van der Waals surface area contributed by atoms with Crippen LogP contribution in [0.4, 0.5) is 5.69 Å². The van der Waals surface area contributed by atoms with E-state index in [4.69, 9.17) is 30.5 Å². The molecule has 3 rings (SSSR count). The predicted molar refractivity (Wildman–Crippen MR) is 178 cm³/mol. The number of benzene rings is 3. The molecule has 0 aliphatic rings. The smallest absolute Gasteiger partial charge is 0.265 e. The second kappa shape index (κ2) is 15.4. The molecule has 0 bridgehead atoms. The number of hydrogen-bond acceptors (Lipinski definition) is 8. The molecule has 0 aromatic heterocycles. The maximum Gasteiger partial charge on any atom is 0.265 e. The van der Waals surface area contributed by atoms with Crippen LogP contribution in [0.25, 0.3) is 0 Å². The van der Waals surface area contributed by atoms with E-state index in [1.54, 1.807) is 43.3 Å². The van der Waals surface area contributed by atoms with E-state index in [2.05, 4.69) is 5.32 Å². The molecule has 11 nitrogen and oxygen atoms in total. The Hall–Kier alpha value is -4.16. The van der Waals surface area contributed by atoms with Crippen molar-refractivity contribution < 1.29 is 37.0 Å². The number of ether oxygens (including phenoxy) is 4. The van der Waals surface area contributed by atoms with Gasteiger partial charge >= 0.3 is 0 Å². The van der Waals surface area contributed by atoms with Crippen LogP contribution in [-0.2, 0) is 26.2 Å². The number of halogens is 1. The molecule has 1 atom stereocenters. The lowest BCUT2D eigenvalue weighted by molar-refractivity contribution is -0.141. The van der Waals surface area contributed by atoms with Crippen molar-refractivity contribution >= 4 is 39.1 Å². The number of hydrogen-bond donors (Lipinski definition) is 1. The average Bonchev–Trinajstić information content (AvgIpc) is 3.02. The van der Waals surface area contributed by atoms with Crippen LogP contribution in [0.3, 0.4) is 0 Å². The molecular formula is C33H42ClN3O8S. The number of methoxy groups -OCH3 is 4. The molecule has 0 saturated carbocycles. The normalized spacial score (nSPS) is 12.1. The summed E-state index contributed by atoms with van der Waals surface area (Å²) in [7, 11) is 1.20. The molecule has 1 N–H and O–H groups in total. The molecule has 3 aromatic rings. The zero-order valence-corrected chi connectivity index (χ0v) is 29.0. The van der Waals surface area contributed by atoms with Crippen LogP contribution < -0.4 is 28.6 Å². The summed E-state index contributed by atoms with van der Waals surface area (Å²) in [5.41, 5.74) is 0.188. The van der Waals surface area contributed by atoms with Gasteiger partial charge in [-0.2, -0.15) is 0 Å². The largest absolute Gasteiger partial charge is 0.497 e. The maximum absolute atomic E-state index is 14.5. The van der Waals surface area contributed by atoms with Crippen LogP contribution in [0, 0.1) is 0 Å². The molecule has 13 heteroatoms. The second-order valence-electron chi connectivity index (χ2n) is 11.4. The Bertz CT molecular complexity index is 1620. The Balaban J connectivity index is 2.20. The van der Waals surface area contributed by atoms with E-state index >= 15 is 0 Å². The Morgan fingerprint density at radius 3 is 2.00 bits per heavy atom. The minimum absolute atomic E-state index is 0.0194. The topological polar surface area (TPSA) is 124 Å². The minimum Gasteiger partial charge on any atom is -0.497 e. The minimum atomic E-state index is -4.46. The molecular weight excluding hydrogens is 634 g/mol. The molecule has 0 heterocycles. The molecule has 0 radical (unpaired) electrons. The van der Waals surface area contributed by atoms with Crippen LogP contribution in [0.2, 0.25) is 5.02 Å². The van der Waals surface area contributed by atoms with Gasteiger partial charge in [-0.25, -0.2) is 8.42 Å². The Morgan fingerprint density at radius 1 is 0.848 bits per heavy atom. The molecule has 0 unspecified atom stereocenters. The van der Waals surface area contributed by atoms with Crippen LogP contribution in [-0.4, -0.2) is 71.7 Å². The van der Waals surface area contributed by atoms with E-state index in [-0.39, 0.29) is 41.0 Å². The van der Waals surface area contributed by atoms with Crippen molar-refractivity contribution in [2.45, 2.75) is 57.1 Å². The van der Waals surface area contributed by atoms with E-state index < -0.39 is 34.1 Å². The SMILES string of the molecule is CC[C@H](C(=O)NC(C)(C)C)N(Cc1ccc(Cl)cc1)C(=O)CN(c1cc(OC)ccc1OC)S(=O)(=O)c1ccc(OC)c(OC)c1. The number of nitrogens with zero attached hydrogens (tertiary/aromatic N) is 2. The molecule has 250 valence electrons. The number of nitrogens with one attached hydrogen (secondary N) is 1. The lowest BCUT2D eigenvalue weighted by atomic mass is 10.1. The van der Waals surface area contributed by atoms with Gasteiger partial charge in [0.05, 0.1) is 39.0 Å². The Morgan fingerprint density at radius 2 is 1.46 bits per heavy atom. The van der Waals surface area contributed by atoms with E-state index in [1.165, 1.54) is 57.6 Å². The fourth-order valence-electron chi connectivity index (χ4n) is 4.77. The summed E-state index contributed by atoms with van der Waals surface area (Å²) in [6, 6.07) is 14.7. The van der Waals surface area contributed by atoms with Crippen molar-refractivity contribution in [3.8, 4) is 23.0 Å². The summed E-state index contributed by atoms with van der Waals surface area (Å²) in [4.78, 5) is 29.2. The molecule has 46 heavy (non-hydrogen) atoms. The van der Waals surface area contributed by atoms with E-state index in [1.807, 2.05) is 20.8 Å². The van der Waals surface area contributed by atoms with Gasteiger partial charge in [0.15, 0.2) is 11.5 Å². The first kappa shape index (κ1) is 36.3. The van der Waals surface area contributed by atoms with E-state index in [0.29, 0.717) is 22.1 Å².